The van der Waals surface area contributed by atoms with Crippen LogP contribution in [-0.4, -0.2) is 20.5 Å². The van der Waals surface area contributed by atoms with Crippen LogP contribution in [0.4, 0.5) is 10.1 Å². The fourth-order valence-corrected chi connectivity index (χ4v) is 4.81. The highest BCUT2D eigenvalue weighted by Gasteiger charge is 2.26. The summed E-state index contributed by atoms with van der Waals surface area (Å²) in [6.45, 7) is 3.70. The Morgan fingerprint density at radius 2 is 1.85 bits per heavy atom. The van der Waals surface area contributed by atoms with Crippen molar-refractivity contribution in [1.29, 1.82) is 0 Å². The second-order valence-corrected chi connectivity index (χ2v) is 8.90. The van der Waals surface area contributed by atoms with Crippen molar-refractivity contribution in [2.45, 2.75) is 25.3 Å². The summed E-state index contributed by atoms with van der Waals surface area (Å²) in [5.74, 6) is 0.179. The first-order valence-corrected chi connectivity index (χ1v) is 10.5. The van der Waals surface area contributed by atoms with Crippen LogP contribution in [0.3, 0.4) is 0 Å². The fraction of sp³-hybridized carbons (Fsp3) is 0.211. The van der Waals surface area contributed by atoms with Crippen molar-refractivity contribution in [2.24, 2.45) is 0 Å². The third-order valence-corrected chi connectivity index (χ3v) is 6.63. The predicted octanol–water partition coefficient (Wildman–Crippen LogP) is 4.30. The zero-order chi connectivity index (χ0) is 19.6. The summed E-state index contributed by atoms with van der Waals surface area (Å²) in [6, 6.07) is 10.1. The maximum Gasteiger partial charge on any atom is 0.264 e. The van der Waals surface area contributed by atoms with Crippen LogP contribution in [0.2, 0.25) is 0 Å². The van der Waals surface area contributed by atoms with E-state index in [-0.39, 0.29) is 11.4 Å². The van der Waals surface area contributed by atoms with Crippen molar-refractivity contribution in [1.82, 2.24) is 4.98 Å². The maximum absolute atomic E-state index is 13.3. The van der Waals surface area contributed by atoms with Crippen molar-refractivity contribution >= 4 is 27.0 Å². The van der Waals surface area contributed by atoms with Gasteiger partial charge in [0.05, 0.1) is 34.9 Å². The molecular formula is C19H19FN2O3S2. The lowest BCUT2D eigenvalue weighted by atomic mass is 10.2. The van der Waals surface area contributed by atoms with Gasteiger partial charge in [0.25, 0.3) is 10.0 Å². The number of ether oxygens (including phenoxy) is 1. The molecule has 0 fully saturated rings. The number of halogens is 1. The molecule has 0 saturated carbocycles. The quantitative estimate of drug-likeness (QED) is 0.612. The molecule has 0 saturated heterocycles. The predicted molar refractivity (Wildman–Crippen MR) is 104 cm³/mol. The van der Waals surface area contributed by atoms with Gasteiger partial charge < -0.3 is 4.74 Å². The number of thiazole rings is 1. The largest absolute Gasteiger partial charge is 0.496 e. The first-order valence-electron chi connectivity index (χ1n) is 8.15. The molecule has 0 aliphatic heterocycles. The number of benzene rings is 2. The smallest absolute Gasteiger partial charge is 0.264 e. The molecule has 0 atom stereocenters. The van der Waals surface area contributed by atoms with Crippen LogP contribution >= 0.6 is 11.3 Å². The minimum Gasteiger partial charge on any atom is -0.496 e. The van der Waals surface area contributed by atoms with Crippen LogP contribution in [-0.2, 0) is 16.6 Å². The zero-order valence-electron chi connectivity index (χ0n) is 15.1. The van der Waals surface area contributed by atoms with E-state index in [9.17, 15) is 12.8 Å². The van der Waals surface area contributed by atoms with E-state index in [1.54, 1.807) is 19.1 Å². The summed E-state index contributed by atoms with van der Waals surface area (Å²) >= 11 is 1.45. The van der Waals surface area contributed by atoms with E-state index in [1.807, 2.05) is 12.3 Å². The second-order valence-electron chi connectivity index (χ2n) is 5.98. The molecule has 0 N–H and O–H groups in total. The van der Waals surface area contributed by atoms with E-state index < -0.39 is 15.8 Å². The van der Waals surface area contributed by atoms with E-state index in [0.29, 0.717) is 22.7 Å². The van der Waals surface area contributed by atoms with Gasteiger partial charge in [-0.3, -0.25) is 4.31 Å². The number of aryl methyl sites for hydroxylation is 2. The van der Waals surface area contributed by atoms with Gasteiger partial charge in [0.1, 0.15) is 11.6 Å². The number of sulfonamides is 1. The van der Waals surface area contributed by atoms with Gasteiger partial charge >= 0.3 is 0 Å². The van der Waals surface area contributed by atoms with Gasteiger partial charge in [-0.05, 0) is 61.9 Å². The van der Waals surface area contributed by atoms with E-state index in [1.165, 1.54) is 53.1 Å². The summed E-state index contributed by atoms with van der Waals surface area (Å²) in [5.41, 5.74) is 1.72. The molecule has 3 rings (SSSR count). The summed E-state index contributed by atoms with van der Waals surface area (Å²) in [7, 11) is -2.35. The Balaban J connectivity index is 2.07. The number of aromatic nitrogens is 1. The Hall–Kier alpha value is -2.45. The molecule has 2 aromatic carbocycles. The molecule has 1 aromatic heterocycles. The molecule has 0 unspecified atom stereocenters. The number of anilines is 1. The Kier molecular flexibility index (Phi) is 5.48. The van der Waals surface area contributed by atoms with Crippen molar-refractivity contribution in [3.05, 3.63) is 69.9 Å². The van der Waals surface area contributed by atoms with E-state index in [2.05, 4.69) is 4.98 Å². The van der Waals surface area contributed by atoms with Crippen LogP contribution in [0.1, 0.15) is 16.3 Å². The molecule has 0 aliphatic carbocycles. The normalized spacial score (nSPS) is 11.4. The molecule has 0 radical (unpaired) electrons. The van der Waals surface area contributed by atoms with E-state index in [0.717, 1.165) is 5.01 Å². The minimum atomic E-state index is -3.88. The van der Waals surface area contributed by atoms with Crippen LogP contribution in [0.25, 0.3) is 0 Å². The molecular weight excluding hydrogens is 387 g/mol. The molecule has 0 amide bonds. The van der Waals surface area contributed by atoms with Crippen LogP contribution in [0.5, 0.6) is 5.75 Å². The lowest BCUT2D eigenvalue weighted by Crippen LogP contribution is -2.30. The third-order valence-electron chi connectivity index (χ3n) is 4.04. The van der Waals surface area contributed by atoms with E-state index >= 15 is 0 Å². The molecule has 27 heavy (non-hydrogen) atoms. The average molecular weight is 407 g/mol. The summed E-state index contributed by atoms with van der Waals surface area (Å²) < 4.78 is 46.5. The second kappa shape index (κ2) is 7.66. The SMILES string of the molecule is COc1ccc(S(=O)(=O)N(Cc2csc(C)n2)c2ccc(F)cc2)cc1C. The van der Waals surface area contributed by atoms with Gasteiger partial charge in [-0.25, -0.2) is 17.8 Å². The fourth-order valence-electron chi connectivity index (χ4n) is 2.69. The van der Waals surface area contributed by atoms with Gasteiger partial charge in [0.15, 0.2) is 0 Å². The van der Waals surface area contributed by atoms with Gasteiger partial charge in [0, 0.05) is 5.38 Å². The topological polar surface area (TPSA) is 59.5 Å². The van der Waals surface area contributed by atoms with Crippen molar-refractivity contribution in [3.8, 4) is 5.75 Å². The van der Waals surface area contributed by atoms with Crippen molar-refractivity contribution in [2.75, 3.05) is 11.4 Å². The van der Waals surface area contributed by atoms with Crippen LogP contribution in [0.15, 0.2) is 52.7 Å². The first kappa shape index (κ1) is 19.3. The highest BCUT2D eigenvalue weighted by molar-refractivity contribution is 7.92. The molecule has 0 bridgehead atoms. The summed E-state index contributed by atoms with van der Waals surface area (Å²) in [4.78, 5) is 4.50. The first-order chi connectivity index (χ1) is 12.8. The minimum absolute atomic E-state index is 0.0589. The number of methoxy groups -OCH3 is 1. The highest BCUT2D eigenvalue weighted by Crippen LogP contribution is 2.29. The van der Waals surface area contributed by atoms with Gasteiger partial charge in [0.2, 0.25) is 0 Å². The summed E-state index contributed by atoms with van der Waals surface area (Å²) in [6.07, 6.45) is 0. The lowest BCUT2D eigenvalue weighted by molar-refractivity contribution is 0.411. The molecule has 0 aliphatic rings. The number of nitrogens with zero attached hydrogens (tertiary/aromatic N) is 2. The number of hydrogen-bond acceptors (Lipinski definition) is 5. The molecule has 1 heterocycles. The van der Waals surface area contributed by atoms with Crippen molar-refractivity contribution in [3.63, 3.8) is 0 Å². The standard InChI is InChI=1S/C19H19FN2O3S2/c1-13-10-18(8-9-19(13)25-3)27(23,24)22(11-16-12-26-14(2)21-16)17-6-4-15(20)5-7-17/h4-10,12H,11H2,1-3H3. The highest BCUT2D eigenvalue weighted by atomic mass is 32.2. The molecule has 5 nitrogen and oxygen atoms in total. The zero-order valence-corrected chi connectivity index (χ0v) is 16.8. The average Bonchev–Trinajstić information content (AvgIpc) is 3.05. The lowest BCUT2D eigenvalue weighted by Gasteiger charge is -2.24. The van der Waals surface area contributed by atoms with Crippen molar-refractivity contribution < 1.29 is 17.5 Å². The Bertz CT molecular complexity index is 1050. The van der Waals surface area contributed by atoms with Gasteiger partial charge in [-0.2, -0.15) is 0 Å². The Morgan fingerprint density at radius 3 is 2.41 bits per heavy atom. The Labute approximate surface area is 162 Å². The summed E-state index contributed by atoms with van der Waals surface area (Å²) in [5, 5.41) is 2.67. The van der Waals surface area contributed by atoms with E-state index in [4.69, 9.17) is 4.74 Å². The number of hydrogen-bond donors (Lipinski definition) is 0. The Morgan fingerprint density at radius 1 is 1.15 bits per heavy atom. The maximum atomic E-state index is 13.3. The monoisotopic (exact) mass is 406 g/mol. The van der Waals surface area contributed by atoms with Crippen LogP contribution < -0.4 is 9.04 Å². The van der Waals surface area contributed by atoms with Gasteiger partial charge in [-0.15, -0.1) is 11.3 Å². The van der Waals surface area contributed by atoms with Gasteiger partial charge in [-0.1, -0.05) is 0 Å². The molecule has 8 heteroatoms. The molecule has 0 spiro atoms. The molecule has 3 aromatic rings. The third kappa shape index (κ3) is 4.12. The van der Waals surface area contributed by atoms with Crippen LogP contribution in [0, 0.1) is 19.7 Å². The number of rotatable bonds is 6. The molecule has 142 valence electrons.